The monoisotopic (exact) mass is 396 g/mol. The first kappa shape index (κ1) is 18.3. The van der Waals surface area contributed by atoms with Crippen LogP contribution in [0.2, 0.25) is 0 Å². The number of carbonyl (C=O) groups excluding carboxylic acids is 1. The van der Waals surface area contributed by atoms with E-state index < -0.39 is 5.92 Å². The molecular weight excluding hydrogens is 376 g/mol. The summed E-state index contributed by atoms with van der Waals surface area (Å²) < 4.78 is 0. The van der Waals surface area contributed by atoms with Crippen LogP contribution in [0.15, 0.2) is 66.9 Å². The highest BCUT2D eigenvalue weighted by Gasteiger charge is 2.23. The fraction of sp³-hybridized carbons (Fsp3) is 0.125. The number of aliphatic hydroxyl groups is 1. The number of hydrogen-bond donors (Lipinski definition) is 3. The molecule has 0 fully saturated rings. The highest BCUT2D eigenvalue weighted by Crippen LogP contribution is 2.31. The van der Waals surface area contributed by atoms with Crippen LogP contribution < -0.4 is 0 Å². The molecule has 0 bridgehead atoms. The summed E-state index contributed by atoms with van der Waals surface area (Å²) in [7, 11) is 0. The number of fused-ring (bicyclic) bond motifs is 2. The molecule has 5 rings (SSSR count). The molecule has 2 aromatic carbocycles. The van der Waals surface area contributed by atoms with Crippen molar-refractivity contribution in [1.82, 2.24) is 20.2 Å². The third kappa shape index (κ3) is 3.07. The van der Waals surface area contributed by atoms with E-state index in [2.05, 4.69) is 20.2 Å². The number of aromatic amines is 2. The summed E-state index contributed by atoms with van der Waals surface area (Å²) in [6.45, 7) is 1.71. The molecule has 3 aromatic heterocycles. The molecule has 0 aliphatic heterocycles. The number of nitrogens with zero attached hydrogens (tertiary/aromatic N) is 2. The Morgan fingerprint density at radius 1 is 1.07 bits per heavy atom. The zero-order chi connectivity index (χ0) is 20.7. The first-order valence-electron chi connectivity index (χ1n) is 9.78. The zero-order valence-electron chi connectivity index (χ0n) is 16.4. The molecule has 0 aliphatic carbocycles. The molecule has 148 valence electrons. The largest absolute Gasteiger partial charge is 0.395 e. The van der Waals surface area contributed by atoms with Crippen LogP contribution in [0.3, 0.4) is 0 Å². The number of benzene rings is 2. The van der Waals surface area contributed by atoms with Gasteiger partial charge < -0.3 is 10.1 Å². The van der Waals surface area contributed by atoms with Gasteiger partial charge in [0.25, 0.3) is 0 Å². The van der Waals surface area contributed by atoms with E-state index in [4.69, 9.17) is 0 Å². The van der Waals surface area contributed by atoms with E-state index in [1.165, 1.54) is 0 Å². The molecule has 3 heterocycles. The summed E-state index contributed by atoms with van der Waals surface area (Å²) in [5.74, 6) is -0.729. The van der Waals surface area contributed by atoms with Crippen LogP contribution in [-0.2, 0) is 0 Å². The Hall–Kier alpha value is -3.77. The molecule has 0 spiro atoms. The lowest BCUT2D eigenvalue weighted by molar-refractivity contribution is 0.0918. The zero-order valence-corrected chi connectivity index (χ0v) is 16.4. The number of rotatable bonds is 5. The van der Waals surface area contributed by atoms with Crippen molar-refractivity contribution in [1.29, 1.82) is 0 Å². The molecule has 30 heavy (non-hydrogen) atoms. The lowest BCUT2D eigenvalue weighted by atomic mass is 9.94. The Morgan fingerprint density at radius 3 is 2.67 bits per heavy atom. The fourth-order valence-electron chi connectivity index (χ4n) is 3.90. The van der Waals surface area contributed by atoms with E-state index >= 15 is 0 Å². The van der Waals surface area contributed by atoms with Crippen molar-refractivity contribution in [3.8, 4) is 11.3 Å². The van der Waals surface area contributed by atoms with Crippen LogP contribution in [0.1, 0.15) is 27.7 Å². The third-order valence-electron chi connectivity index (χ3n) is 5.44. The quantitative estimate of drug-likeness (QED) is 0.384. The van der Waals surface area contributed by atoms with Gasteiger partial charge >= 0.3 is 0 Å². The van der Waals surface area contributed by atoms with E-state index in [0.717, 1.165) is 44.3 Å². The number of carbonyl (C=O) groups is 1. The topological polar surface area (TPSA) is 94.7 Å². The van der Waals surface area contributed by atoms with Crippen molar-refractivity contribution in [3.63, 3.8) is 0 Å². The molecule has 0 unspecified atom stereocenters. The SMILES string of the molecule is Cc1cc(-c2n[nH]c3cc4[nH]c(C(=O)[C@H](CO)c5ccccc5)cc4cc23)ccn1. The van der Waals surface area contributed by atoms with Crippen LogP contribution in [0.5, 0.6) is 0 Å². The molecule has 0 saturated carbocycles. The smallest absolute Gasteiger partial charge is 0.188 e. The normalized spacial score (nSPS) is 12.5. The van der Waals surface area contributed by atoms with Gasteiger partial charge in [-0.25, -0.2) is 0 Å². The maximum absolute atomic E-state index is 13.1. The predicted molar refractivity (Wildman–Crippen MR) is 117 cm³/mol. The second-order valence-corrected chi connectivity index (χ2v) is 7.44. The van der Waals surface area contributed by atoms with Crippen molar-refractivity contribution >= 4 is 27.6 Å². The Morgan fingerprint density at radius 2 is 1.90 bits per heavy atom. The van der Waals surface area contributed by atoms with Gasteiger partial charge in [0.2, 0.25) is 0 Å². The minimum Gasteiger partial charge on any atom is -0.395 e. The van der Waals surface area contributed by atoms with Crippen molar-refractivity contribution in [2.24, 2.45) is 0 Å². The molecule has 5 aromatic rings. The van der Waals surface area contributed by atoms with E-state index in [0.29, 0.717) is 5.69 Å². The maximum Gasteiger partial charge on any atom is 0.188 e. The number of aliphatic hydroxyl groups excluding tert-OH is 1. The van der Waals surface area contributed by atoms with E-state index in [-0.39, 0.29) is 12.4 Å². The second-order valence-electron chi connectivity index (χ2n) is 7.44. The highest BCUT2D eigenvalue weighted by atomic mass is 16.3. The molecular formula is C24H20N4O2. The molecule has 0 aliphatic rings. The van der Waals surface area contributed by atoms with Gasteiger partial charge in [0.05, 0.1) is 23.7 Å². The van der Waals surface area contributed by atoms with Gasteiger partial charge in [-0.05, 0) is 42.8 Å². The molecule has 0 amide bonds. The fourth-order valence-corrected chi connectivity index (χ4v) is 3.90. The predicted octanol–water partition coefficient (Wildman–Crippen LogP) is 4.37. The van der Waals surface area contributed by atoms with Gasteiger partial charge in [0.15, 0.2) is 5.78 Å². The van der Waals surface area contributed by atoms with Crippen molar-refractivity contribution in [2.45, 2.75) is 12.8 Å². The van der Waals surface area contributed by atoms with Crippen LogP contribution in [-0.4, -0.2) is 37.7 Å². The number of aromatic nitrogens is 4. The van der Waals surface area contributed by atoms with Gasteiger partial charge in [-0.2, -0.15) is 5.10 Å². The van der Waals surface area contributed by atoms with Crippen LogP contribution in [0, 0.1) is 6.92 Å². The number of ketones is 1. The summed E-state index contributed by atoms with van der Waals surface area (Å²) in [4.78, 5) is 20.5. The van der Waals surface area contributed by atoms with Gasteiger partial charge in [-0.3, -0.25) is 14.9 Å². The molecule has 1 atom stereocenters. The number of H-pyrrole nitrogens is 2. The Labute approximate surface area is 172 Å². The van der Waals surface area contributed by atoms with Crippen molar-refractivity contribution < 1.29 is 9.90 Å². The minimum absolute atomic E-state index is 0.133. The highest BCUT2D eigenvalue weighted by molar-refractivity contribution is 6.07. The lowest BCUT2D eigenvalue weighted by Gasteiger charge is -2.12. The first-order valence-corrected chi connectivity index (χ1v) is 9.78. The molecule has 0 radical (unpaired) electrons. The van der Waals surface area contributed by atoms with E-state index in [1.807, 2.05) is 67.6 Å². The standard InChI is InChI=1S/C24H20N4O2/c1-14-9-16(7-8-25-14)23-18-10-17-11-22(26-20(17)12-21(18)27-28-23)24(30)19(13-29)15-5-3-2-4-6-15/h2-12,19,26,29H,13H2,1H3,(H,27,28)/t19-/m1/s1. The number of pyridine rings is 1. The number of aryl methyl sites for hydroxylation is 1. The number of nitrogens with one attached hydrogen (secondary N) is 2. The molecule has 6 nitrogen and oxygen atoms in total. The summed E-state index contributed by atoms with van der Waals surface area (Å²) in [5, 5.41) is 19.3. The summed E-state index contributed by atoms with van der Waals surface area (Å²) >= 11 is 0. The Balaban J connectivity index is 1.57. The summed E-state index contributed by atoms with van der Waals surface area (Å²) in [6.07, 6.45) is 1.77. The van der Waals surface area contributed by atoms with Crippen LogP contribution >= 0.6 is 0 Å². The van der Waals surface area contributed by atoms with Crippen LogP contribution in [0.4, 0.5) is 0 Å². The lowest BCUT2D eigenvalue weighted by Crippen LogP contribution is -2.17. The minimum atomic E-state index is -0.596. The molecule has 3 N–H and O–H groups in total. The maximum atomic E-state index is 13.1. The molecule has 0 saturated heterocycles. The number of Topliss-reactive ketones (excluding diaryl/α,β-unsaturated/α-hetero) is 1. The van der Waals surface area contributed by atoms with Crippen molar-refractivity contribution in [3.05, 3.63) is 83.8 Å². The van der Waals surface area contributed by atoms with Crippen molar-refractivity contribution in [2.75, 3.05) is 6.61 Å². The molecule has 6 heteroatoms. The van der Waals surface area contributed by atoms with E-state index in [1.54, 1.807) is 6.20 Å². The first-order chi connectivity index (χ1) is 14.6. The van der Waals surface area contributed by atoms with E-state index in [9.17, 15) is 9.90 Å². The average molecular weight is 396 g/mol. The Kier molecular flexibility index (Phi) is 4.41. The summed E-state index contributed by atoms with van der Waals surface area (Å²) in [5.41, 5.74) is 5.78. The van der Waals surface area contributed by atoms with Gasteiger partial charge in [0, 0.05) is 33.7 Å². The average Bonchev–Trinajstić information content (AvgIpc) is 3.36. The van der Waals surface area contributed by atoms with Crippen LogP contribution in [0.25, 0.3) is 33.1 Å². The van der Waals surface area contributed by atoms with Gasteiger partial charge in [-0.15, -0.1) is 0 Å². The van der Waals surface area contributed by atoms with Gasteiger partial charge in [-0.1, -0.05) is 30.3 Å². The van der Waals surface area contributed by atoms with Gasteiger partial charge in [0.1, 0.15) is 5.69 Å². The third-order valence-corrected chi connectivity index (χ3v) is 5.44. The Bertz CT molecular complexity index is 1370. The number of hydrogen-bond acceptors (Lipinski definition) is 4. The summed E-state index contributed by atoms with van der Waals surface area (Å²) in [6, 6.07) is 19.1. The second kappa shape index (κ2) is 7.24.